The van der Waals surface area contributed by atoms with Crippen molar-refractivity contribution in [3.05, 3.63) is 0 Å². The number of carbonyl (C=O) groups is 1. The average molecular weight is 157 g/mol. The minimum absolute atomic E-state index is 0.0828. The molecule has 0 aromatic carbocycles. The fraction of sp³-hybridized carbons (Fsp3) is 0.833. The van der Waals surface area contributed by atoms with Crippen molar-refractivity contribution in [1.82, 2.24) is 4.90 Å². The Kier molecular flexibility index (Phi) is 2.51. The molecule has 1 aliphatic heterocycles. The third-order valence-corrected chi connectivity index (χ3v) is 2.05. The van der Waals surface area contributed by atoms with Gasteiger partial charge in [0.25, 0.3) is 0 Å². The van der Waals surface area contributed by atoms with Gasteiger partial charge < -0.3 is 14.9 Å². The van der Waals surface area contributed by atoms with Gasteiger partial charge in [-0.25, -0.2) is 0 Å². The molecule has 1 heterocycles. The Balaban J connectivity index is 2.58. The van der Waals surface area contributed by atoms with E-state index in [2.05, 4.69) is 0 Å². The molecule has 0 aromatic rings. The molecule has 1 saturated heterocycles. The van der Waals surface area contributed by atoms with E-state index >= 15 is 0 Å². The number of carbonyl (C=O) groups excluding carboxylic acids is 1. The maximum absolute atomic E-state index is 10.9. The zero-order valence-electron chi connectivity index (χ0n) is 6.53. The molecule has 11 heavy (non-hydrogen) atoms. The Morgan fingerprint density at radius 3 is 2.64 bits per heavy atom. The van der Waals surface area contributed by atoms with Gasteiger partial charge in [0, 0.05) is 13.5 Å². The van der Waals surface area contributed by atoms with Crippen LogP contribution in [0.3, 0.4) is 0 Å². The average Bonchev–Trinajstić information content (AvgIpc) is 2.32. The van der Waals surface area contributed by atoms with Crippen molar-refractivity contribution in [2.24, 2.45) is 0 Å². The highest BCUT2D eigenvalue weighted by Crippen LogP contribution is 2.17. The Morgan fingerprint density at radius 2 is 2.27 bits per heavy atom. The lowest BCUT2D eigenvalue weighted by molar-refractivity contribution is -0.128. The summed E-state index contributed by atoms with van der Waals surface area (Å²) in [6, 6.07) is 0. The first-order valence-electron chi connectivity index (χ1n) is 3.76. The number of hydrogen-bond acceptors (Lipinski definition) is 3. The monoisotopic (exact) mass is 157 g/mol. The summed E-state index contributed by atoms with van der Waals surface area (Å²) in [5.74, 6) is -0.465. The molecule has 1 atom stereocenters. The van der Waals surface area contributed by atoms with Crippen LogP contribution >= 0.6 is 0 Å². The summed E-state index contributed by atoms with van der Waals surface area (Å²) in [5.41, 5.74) is 0. The van der Waals surface area contributed by atoms with Gasteiger partial charge in [-0.05, 0) is 12.8 Å². The van der Waals surface area contributed by atoms with Crippen LogP contribution in [0.1, 0.15) is 19.8 Å². The van der Waals surface area contributed by atoms with Gasteiger partial charge in [-0.3, -0.25) is 4.79 Å². The Morgan fingerprint density at radius 1 is 1.64 bits per heavy atom. The van der Waals surface area contributed by atoms with Crippen molar-refractivity contribution in [3.8, 4) is 0 Å². The van der Waals surface area contributed by atoms with Gasteiger partial charge in [0.2, 0.25) is 5.91 Å². The highest BCUT2D eigenvalue weighted by molar-refractivity contribution is 6.43. The van der Waals surface area contributed by atoms with Crippen LogP contribution in [0.4, 0.5) is 0 Å². The fourth-order valence-electron chi connectivity index (χ4n) is 1.49. The van der Waals surface area contributed by atoms with Gasteiger partial charge in [0.15, 0.2) is 0 Å². The van der Waals surface area contributed by atoms with E-state index in [-0.39, 0.29) is 11.8 Å². The number of likely N-dealkylation sites (tertiary alicyclic amines) is 1. The van der Waals surface area contributed by atoms with Crippen LogP contribution in [0, 0.1) is 0 Å². The third kappa shape index (κ3) is 1.72. The molecule has 2 N–H and O–H groups in total. The van der Waals surface area contributed by atoms with Crippen LogP contribution in [-0.2, 0) is 4.79 Å². The fourth-order valence-corrected chi connectivity index (χ4v) is 1.49. The lowest BCUT2D eigenvalue weighted by Gasteiger charge is -2.21. The zero-order valence-corrected chi connectivity index (χ0v) is 6.53. The molecule has 0 aliphatic carbocycles. The van der Waals surface area contributed by atoms with Crippen molar-refractivity contribution < 1.29 is 14.8 Å². The predicted molar refractivity (Wildman–Crippen MR) is 40.6 cm³/mol. The van der Waals surface area contributed by atoms with Crippen LogP contribution in [0.15, 0.2) is 0 Å². The first-order valence-corrected chi connectivity index (χ1v) is 3.76. The summed E-state index contributed by atoms with van der Waals surface area (Å²) < 4.78 is 0. The minimum atomic E-state index is -1.39. The summed E-state index contributed by atoms with van der Waals surface area (Å²) in [4.78, 5) is 12.4. The number of hydrogen-bond donors (Lipinski definition) is 2. The van der Waals surface area contributed by atoms with Crippen molar-refractivity contribution >= 4 is 13.0 Å². The molecular formula is C6H12BNO3. The van der Waals surface area contributed by atoms with E-state index in [4.69, 9.17) is 10.0 Å². The maximum atomic E-state index is 10.9. The standard InChI is InChI=1S/C6H12BNO3/c1-5(9)8-4-2-3-6(8)7(10)11/h6,10-11H,2-4H2,1H3. The Bertz CT molecular complexity index is 162. The molecule has 5 heteroatoms. The molecule has 1 unspecified atom stereocenters. The van der Waals surface area contributed by atoms with Gasteiger partial charge in [-0.2, -0.15) is 0 Å². The van der Waals surface area contributed by atoms with E-state index in [0.29, 0.717) is 13.0 Å². The molecule has 1 fully saturated rings. The molecule has 1 amide bonds. The normalized spacial score (nSPS) is 23.9. The second kappa shape index (κ2) is 3.23. The molecule has 62 valence electrons. The lowest BCUT2D eigenvalue weighted by Crippen LogP contribution is -2.44. The van der Waals surface area contributed by atoms with Crippen molar-refractivity contribution in [2.75, 3.05) is 6.54 Å². The number of nitrogens with zero attached hydrogens (tertiary/aromatic N) is 1. The Hall–Kier alpha value is -0.545. The molecule has 0 spiro atoms. The van der Waals surface area contributed by atoms with E-state index in [9.17, 15) is 4.79 Å². The first kappa shape index (κ1) is 8.55. The van der Waals surface area contributed by atoms with Gasteiger partial charge in [0.1, 0.15) is 0 Å². The maximum Gasteiger partial charge on any atom is 0.475 e. The van der Waals surface area contributed by atoms with Crippen molar-refractivity contribution in [3.63, 3.8) is 0 Å². The van der Waals surface area contributed by atoms with E-state index in [1.807, 2.05) is 0 Å². The highest BCUT2D eigenvalue weighted by Gasteiger charge is 2.35. The second-order valence-electron chi connectivity index (χ2n) is 2.84. The van der Waals surface area contributed by atoms with E-state index < -0.39 is 7.12 Å². The topological polar surface area (TPSA) is 60.8 Å². The van der Waals surface area contributed by atoms with Crippen LogP contribution in [0.2, 0.25) is 0 Å². The number of amides is 1. The minimum Gasteiger partial charge on any atom is -0.426 e. The SMILES string of the molecule is CC(=O)N1CCCC1B(O)O. The first-order chi connectivity index (χ1) is 5.13. The van der Waals surface area contributed by atoms with Gasteiger partial charge in [-0.1, -0.05) is 0 Å². The number of rotatable bonds is 1. The van der Waals surface area contributed by atoms with Gasteiger partial charge >= 0.3 is 7.12 Å². The summed E-state index contributed by atoms with van der Waals surface area (Å²) in [7, 11) is -1.39. The molecule has 0 saturated carbocycles. The summed E-state index contributed by atoms with van der Waals surface area (Å²) in [6.07, 6.45) is 1.55. The van der Waals surface area contributed by atoms with Gasteiger partial charge in [0.05, 0.1) is 5.94 Å². The highest BCUT2D eigenvalue weighted by atomic mass is 16.4. The van der Waals surface area contributed by atoms with E-state index in [1.165, 1.54) is 11.8 Å². The molecule has 0 aromatic heterocycles. The smallest absolute Gasteiger partial charge is 0.426 e. The van der Waals surface area contributed by atoms with E-state index in [0.717, 1.165) is 6.42 Å². The summed E-state index contributed by atoms with van der Waals surface area (Å²) >= 11 is 0. The lowest BCUT2D eigenvalue weighted by atomic mass is 9.78. The van der Waals surface area contributed by atoms with Crippen LogP contribution < -0.4 is 0 Å². The van der Waals surface area contributed by atoms with Crippen LogP contribution in [0.5, 0.6) is 0 Å². The van der Waals surface area contributed by atoms with E-state index in [1.54, 1.807) is 0 Å². The molecular weight excluding hydrogens is 145 g/mol. The van der Waals surface area contributed by atoms with Crippen LogP contribution in [-0.4, -0.2) is 40.5 Å². The molecule has 0 radical (unpaired) electrons. The summed E-state index contributed by atoms with van der Waals surface area (Å²) in [6.45, 7) is 2.10. The molecule has 0 bridgehead atoms. The summed E-state index contributed by atoms with van der Waals surface area (Å²) in [5, 5.41) is 17.7. The van der Waals surface area contributed by atoms with Crippen molar-refractivity contribution in [2.45, 2.75) is 25.7 Å². The predicted octanol–water partition coefficient (Wildman–Crippen LogP) is -0.991. The Labute approximate surface area is 66.0 Å². The van der Waals surface area contributed by atoms with Gasteiger partial charge in [-0.15, -0.1) is 0 Å². The van der Waals surface area contributed by atoms with Crippen LogP contribution in [0.25, 0.3) is 0 Å². The second-order valence-corrected chi connectivity index (χ2v) is 2.84. The zero-order chi connectivity index (χ0) is 8.43. The molecule has 4 nitrogen and oxygen atoms in total. The molecule has 1 aliphatic rings. The molecule has 1 rings (SSSR count). The third-order valence-electron chi connectivity index (χ3n) is 2.05. The quantitative estimate of drug-likeness (QED) is 0.480. The largest absolute Gasteiger partial charge is 0.475 e. The van der Waals surface area contributed by atoms with Crippen molar-refractivity contribution in [1.29, 1.82) is 0 Å².